The highest BCUT2D eigenvalue weighted by atomic mass is 19.4. The number of alkyl halides is 6. The number of anilines is 1. The lowest BCUT2D eigenvalue weighted by molar-refractivity contribution is -0.147. The Bertz CT molecular complexity index is 1110. The maximum atomic E-state index is 13.4. The number of hydrogen-bond donors (Lipinski definition) is 1. The Balaban J connectivity index is 1.92. The lowest BCUT2D eigenvalue weighted by Crippen LogP contribution is -2.24. The number of nitrogens with zero attached hydrogens (tertiary/aromatic N) is 2. The number of halogens is 6. The summed E-state index contributed by atoms with van der Waals surface area (Å²) in [5.74, 6) is -2.38. The van der Waals surface area contributed by atoms with Gasteiger partial charge in [0.15, 0.2) is 0 Å². The van der Waals surface area contributed by atoms with E-state index >= 15 is 0 Å². The zero-order valence-electron chi connectivity index (χ0n) is 16.5. The Kier molecular flexibility index (Phi) is 6.63. The molecule has 1 aromatic heterocycles. The van der Waals surface area contributed by atoms with Gasteiger partial charge in [0.2, 0.25) is 11.7 Å². The first-order valence-corrected chi connectivity index (χ1v) is 9.16. The molecule has 0 radical (unpaired) electrons. The van der Waals surface area contributed by atoms with Gasteiger partial charge in [-0.3, -0.25) is 4.79 Å². The van der Waals surface area contributed by atoms with Crippen molar-refractivity contribution in [1.29, 1.82) is 0 Å². The van der Waals surface area contributed by atoms with E-state index in [1.165, 1.54) is 31.4 Å². The van der Waals surface area contributed by atoms with Crippen LogP contribution in [-0.2, 0) is 28.4 Å². The topological polar surface area (TPSA) is 65.4 Å². The highest BCUT2D eigenvalue weighted by Crippen LogP contribution is 2.35. The van der Waals surface area contributed by atoms with Gasteiger partial charge >= 0.3 is 12.4 Å². The molecule has 0 fully saturated rings. The second-order valence-corrected chi connectivity index (χ2v) is 6.61. The monoisotopic (exact) mass is 461 g/mol. The summed E-state index contributed by atoms with van der Waals surface area (Å²) in [4.78, 5) is 16.1. The number of benzene rings is 2. The number of para-hydroxylation sites is 2. The van der Waals surface area contributed by atoms with Crippen LogP contribution in [0.15, 0.2) is 42.5 Å². The second-order valence-electron chi connectivity index (χ2n) is 6.61. The fourth-order valence-electron chi connectivity index (χ4n) is 2.95. The molecule has 0 saturated carbocycles. The van der Waals surface area contributed by atoms with E-state index in [0.29, 0.717) is 10.6 Å². The predicted molar refractivity (Wildman–Crippen MR) is 102 cm³/mol. The van der Waals surface area contributed by atoms with Crippen LogP contribution in [-0.4, -0.2) is 35.8 Å². The molecule has 0 aliphatic heterocycles. The van der Waals surface area contributed by atoms with Gasteiger partial charge in [-0.2, -0.15) is 26.3 Å². The summed E-state index contributed by atoms with van der Waals surface area (Å²) in [6.45, 7) is -0.720. The van der Waals surface area contributed by atoms with Gasteiger partial charge in [0, 0.05) is 7.11 Å². The van der Waals surface area contributed by atoms with Crippen LogP contribution < -0.4 is 10.1 Å². The molecule has 1 heterocycles. The number of ether oxygens (including phenoxy) is 2. The van der Waals surface area contributed by atoms with Crippen LogP contribution in [0.25, 0.3) is 11.0 Å². The van der Waals surface area contributed by atoms with E-state index in [4.69, 9.17) is 9.47 Å². The molecule has 0 aliphatic carbocycles. The number of amides is 1. The van der Waals surface area contributed by atoms with Gasteiger partial charge in [-0.05, 0) is 30.3 Å². The molecule has 0 atom stereocenters. The number of imidazole rings is 1. The molecule has 0 aliphatic rings. The molecule has 3 rings (SSSR count). The normalized spacial score (nSPS) is 12.2. The van der Waals surface area contributed by atoms with Gasteiger partial charge in [0.1, 0.15) is 18.9 Å². The van der Waals surface area contributed by atoms with Gasteiger partial charge in [0.05, 0.1) is 28.9 Å². The highest BCUT2D eigenvalue weighted by molar-refractivity contribution is 5.93. The molecule has 0 unspecified atom stereocenters. The molecule has 172 valence electrons. The number of methoxy groups -OCH3 is 1. The van der Waals surface area contributed by atoms with Crippen molar-refractivity contribution in [3.05, 3.63) is 53.9 Å². The molecule has 0 bridgehead atoms. The Morgan fingerprint density at radius 1 is 1.03 bits per heavy atom. The maximum absolute atomic E-state index is 13.4. The van der Waals surface area contributed by atoms with Gasteiger partial charge in [-0.15, -0.1) is 0 Å². The summed E-state index contributed by atoms with van der Waals surface area (Å²) in [5.41, 5.74) is -1.32. The van der Waals surface area contributed by atoms with Gasteiger partial charge in [-0.25, -0.2) is 4.98 Å². The van der Waals surface area contributed by atoms with Gasteiger partial charge in [0.25, 0.3) is 0 Å². The van der Waals surface area contributed by atoms with Crippen LogP contribution in [0.3, 0.4) is 0 Å². The number of carbonyl (C=O) groups excluding carboxylic acids is 1. The lowest BCUT2D eigenvalue weighted by Gasteiger charge is -2.16. The third-order valence-electron chi connectivity index (χ3n) is 4.34. The van der Waals surface area contributed by atoms with Crippen LogP contribution in [0.2, 0.25) is 0 Å². The first-order chi connectivity index (χ1) is 15.0. The summed E-state index contributed by atoms with van der Waals surface area (Å²) in [7, 11) is 1.40. The highest BCUT2D eigenvalue weighted by Gasteiger charge is 2.38. The van der Waals surface area contributed by atoms with Crippen LogP contribution >= 0.6 is 0 Å². The molecule has 0 saturated heterocycles. The number of fused-ring (bicyclic) bond motifs is 1. The minimum Gasteiger partial charge on any atom is -0.489 e. The molecular weight excluding hydrogens is 444 g/mol. The summed E-state index contributed by atoms with van der Waals surface area (Å²) in [6.07, 6.45) is -9.54. The van der Waals surface area contributed by atoms with E-state index in [1.54, 1.807) is 0 Å². The quantitative estimate of drug-likeness (QED) is 0.408. The Hall–Kier alpha value is -3.28. The number of nitrogens with one attached hydrogen (secondary N) is 1. The minimum atomic E-state index is -4.84. The minimum absolute atomic E-state index is 0.0187. The van der Waals surface area contributed by atoms with Crippen LogP contribution in [0.1, 0.15) is 11.4 Å². The predicted octanol–water partition coefficient (Wildman–Crippen LogP) is 4.74. The molecule has 3 aromatic rings. The fraction of sp³-hybridized carbons (Fsp3) is 0.300. The Morgan fingerprint density at radius 2 is 1.75 bits per heavy atom. The first kappa shape index (κ1) is 23.4. The Morgan fingerprint density at radius 3 is 2.41 bits per heavy atom. The standard InChI is InChI=1S/C20H17F6N3O3/c1-31-8-9-32-16-7-6-12(19(21,22)23)10-14(16)27-17(30)11-29-15-5-3-2-4-13(15)28-18(29)20(24,25)26/h2-7,10H,8-9,11H2,1H3,(H,27,30). The van der Waals surface area contributed by atoms with Crippen molar-refractivity contribution in [3.63, 3.8) is 0 Å². The van der Waals surface area contributed by atoms with Crippen molar-refractivity contribution in [2.45, 2.75) is 18.9 Å². The van der Waals surface area contributed by atoms with Crippen molar-refractivity contribution in [3.8, 4) is 5.75 Å². The summed E-state index contributed by atoms with van der Waals surface area (Å²) in [6, 6.07) is 8.11. The van der Waals surface area contributed by atoms with Crippen molar-refractivity contribution < 1.29 is 40.6 Å². The SMILES string of the molecule is COCCOc1ccc(C(F)(F)F)cc1NC(=O)Cn1c(C(F)(F)F)nc2ccccc21. The first-order valence-electron chi connectivity index (χ1n) is 9.16. The molecule has 1 amide bonds. The van der Waals surface area contributed by atoms with E-state index in [1.807, 2.05) is 0 Å². The molecule has 12 heteroatoms. The van der Waals surface area contributed by atoms with Crippen LogP contribution in [0.4, 0.5) is 32.0 Å². The number of hydrogen-bond acceptors (Lipinski definition) is 4. The number of aromatic nitrogens is 2. The zero-order chi connectivity index (χ0) is 23.5. The molecular formula is C20H17F6N3O3. The van der Waals surface area contributed by atoms with E-state index in [2.05, 4.69) is 10.3 Å². The molecule has 0 spiro atoms. The molecule has 6 nitrogen and oxygen atoms in total. The molecule has 32 heavy (non-hydrogen) atoms. The van der Waals surface area contributed by atoms with E-state index < -0.39 is 36.2 Å². The smallest absolute Gasteiger partial charge is 0.449 e. The largest absolute Gasteiger partial charge is 0.489 e. The van der Waals surface area contributed by atoms with Crippen molar-refractivity contribution in [2.24, 2.45) is 0 Å². The van der Waals surface area contributed by atoms with E-state index in [0.717, 1.165) is 12.1 Å². The maximum Gasteiger partial charge on any atom is 0.449 e. The molecule has 2 aromatic carbocycles. The summed E-state index contributed by atoms with van der Waals surface area (Å²) in [5, 5.41) is 2.21. The van der Waals surface area contributed by atoms with Gasteiger partial charge in [-0.1, -0.05) is 12.1 Å². The second kappa shape index (κ2) is 9.07. The van der Waals surface area contributed by atoms with Crippen molar-refractivity contribution in [1.82, 2.24) is 9.55 Å². The summed E-state index contributed by atoms with van der Waals surface area (Å²) >= 11 is 0. The number of carbonyl (C=O) groups is 1. The zero-order valence-corrected chi connectivity index (χ0v) is 16.5. The average Bonchev–Trinajstić information content (AvgIpc) is 3.07. The molecule has 1 N–H and O–H groups in total. The Labute approximate surface area is 177 Å². The third-order valence-corrected chi connectivity index (χ3v) is 4.34. The third kappa shape index (κ3) is 5.31. The van der Waals surface area contributed by atoms with Crippen LogP contribution in [0, 0.1) is 0 Å². The van der Waals surface area contributed by atoms with Crippen LogP contribution in [0.5, 0.6) is 5.75 Å². The van der Waals surface area contributed by atoms with Gasteiger partial charge < -0.3 is 19.4 Å². The number of rotatable bonds is 7. The lowest BCUT2D eigenvalue weighted by atomic mass is 10.1. The fourth-order valence-corrected chi connectivity index (χ4v) is 2.95. The van der Waals surface area contributed by atoms with E-state index in [-0.39, 0.29) is 35.7 Å². The van der Waals surface area contributed by atoms with Crippen molar-refractivity contribution in [2.75, 3.05) is 25.6 Å². The summed E-state index contributed by atoms with van der Waals surface area (Å²) < 4.78 is 90.3. The van der Waals surface area contributed by atoms with Crippen molar-refractivity contribution >= 4 is 22.6 Å². The average molecular weight is 461 g/mol. The van der Waals surface area contributed by atoms with E-state index in [9.17, 15) is 31.1 Å².